The van der Waals surface area contributed by atoms with E-state index in [0.29, 0.717) is 0 Å². The Labute approximate surface area is 89.1 Å². The molecular weight excluding hydrogens is 248 g/mol. The fourth-order valence-corrected chi connectivity index (χ4v) is 1.33. The van der Waals surface area contributed by atoms with E-state index in [0.717, 1.165) is 0 Å². The molecule has 0 fully saturated rings. The summed E-state index contributed by atoms with van der Waals surface area (Å²) in [7, 11) is -4.95. The number of hydrogen-bond donors (Lipinski definition) is 1. The van der Waals surface area contributed by atoms with Gasteiger partial charge in [0.15, 0.2) is 5.25 Å². The summed E-state index contributed by atoms with van der Waals surface area (Å²) in [4.78, 5) is 41.0. The van der Waals surface area contributed by atoms with Gasteiger partial charge in [0.05, 0.1) is 6.42 Å². The van der Waals surface area contributed by atoms with Crippen LogP contribution in [0.4, 0.5) is 0 Å². The topological polar surface area (TPSA) is 141 Å². The minimum absolute atomic E-state index is 0.283. The molecule has 0 bridgehead atoms. The van der Waals surface area contributed by atoms with Crippen molar-refractivity contribution in [1.82, 2.24) is 0 Å². The first-order valence-electron chi connectivity index (χ1n) is 3.56. The van der Waals surface area contributed by atoms with Crippen LogP contribution in [0.3, 0.4) is 0 Å². The fraction of sp³-hybridized carbons (Fsp3) is 0.333. The molecule has 0 aliphatic rings. The molecule has 0 rings (SSSR count). The Hall–Kier alpha value is -1.81. The van der Waals surface area contributed by atoms with Gasteiger partial charge in [-0.2, -0.15) is 8.42 Å². The van der Waals surface area contributed by atoms with Crippen LogP contribution >= 0.6 is 0 Å². The molecule has 16 heavy (non-hydrogen) atoms. The third-order valence-electron chi connectivity index (χ3n) is 1.32. The molecule has 0 aliphatic carbocycles. The van der Waals surface area contributed by atoms with Gasteiger partial charge >= 0.3 is 24.9 Å². The molecule has 0 saturated carbocycles. The standard InChI is InChI=1S/C6H6O9S/c7-2-14-5(9)1-4(16(11,12)13)6(10)15-3-8/h2-4H,1H2,(H,11,12,13). The van der Waals surface area contributed by atoms with Gasteiger partial charge in [0.2, 0.25) is 0 Å². The summed E-state index contributed by atoms with van der Waals surface area (Å²) in [5.74, 6) is -3.03. The largest absolute Gasteiger partial charge is 0.395 e. The van der Waals surface area contributed by atoms with Gasteiger partial charge in [-0.1, -0.05) is 0 Å². The predicted octanol–water partition coefficient (Wildman–Crippen LogP) is -1.97. The fourth-order valence-electron chi connectivity index (χ4n) is 0.687. The minimum Gasteiger partial charge on any atom is -0.395 e. The third kappa shape index (κ3) is 4.61. The Morgan fingerprint density at radius 1 is 1.19 bits per heavy atom. The summed E-state index contributed by atoms with van der Waals surface area (Å²) in [6.45, 7) is -0.653. The maximum Gasteiger partial charge on any atom is 0.334 e. The Morgan fingerprint density at radius 3 is 2.06 bits per heavy atom. The van der Waals surface area contributed by atoms with Crippen LogP contribution in [0.1, 0.15) is 6.42 Å². The monoisotopic (exact) mass is 254 g/mol. The van der Waals surface area contributed by atoms with Crippen LogP contribution in [0.5, 0.6) is 0 Å². The molecule has 10 heteroatoms. The number of rotatable bonds is 6. The molecule has 0 saturated heterocycles. The van der Waals surface area contributed by atoms with Gasteiger partial charge in [0.1, 0.15) is 0 Å². The average molecular weight is 254 g/mol. The highest BCUT2D eigenvalue weighted by atomic mass is 32.2. The van der Waals surface area contributed by atoms with Crippen LogP contribution in [0.2, 0.25) is 0 Å². The van der Waals surface area contributed by atoms with E-state index < -0.39 is 33.7 Å². The smallest absolute Gasteiger partial charge is 0.334 e. The zero-order chi connectivity index (χ0) is 12.8. The SMILES string of the molecule is O=COC(=O)CC(C(=O)OC=O)S(=O)(=O)O. The maximum absolute atomic E-state index is 10.8. The summed E-state index contributed by atoms with van der Waals surface area (Å²) in [5.41, 5.74) is 0. The molecule has 0 radical (unpaired) electrons. The highest BCUT2D eigenvalue weighted by Crippen LogP contribution is 2.07. The van der Waals surface area contributed by atoms with Gasteiger partial charge in [0, 0.05) is 0 Å². The van der Waals surface area contributed by atoms with Crippen LogP contribution < -0.4 is 0 Å². The Morgan fingerprint density at radius 2 is 1.69 bits per heavy atom. The third-order valence-corrected chi connectivity index (χ3v) is 2.40. The first-order valence-corrected chi connectivity index (χ1v) is 5.06. The van der Waals surface area contributed by atoms with Crippen molar-refractivity contribution in [2.45, 2.75) is 11.7 Å². The van der Waals surface area contributed by atoms with E-state index in [1.807, 2.05) is 0 Å². The first-order chi connectivity index (χ1) is 7.32. The average Bonchev–Trinajstić information content (AvgIpc) is 2.13. The van der Waals surface area contributed by atoms with Crippen molar-refractivity contribution < 1.29 is 41.6 Å². The summed E-state index contributed by atoms with van der Waals surface area (Å²) in [6, 6.07) is 0. The van der Waals surface area contributed by atoms with E-state index >= 15 is 0 Å². The van der Waals surface area contributed by atoms with Crippen molar-refractivity contribution in [3.8, 4) is 0 Å². The van der Waals surface area contributed by atoms with Gasteiger partial charge in [0.25, 0.3) is 10.1 Å². The van der Waals surface area contributed by atoms with E-state index in [1.54, 1.807) is 0 Å². The highest BCUT2D eigenvalue weighted by molar-refractivity contribution is 7.87. The number of esters is 2. The quantitative estimate of drug-likeness (QED) is 0.247. The van der Waals surface area contributed by atoms with Crippen LogP contribution in [0.15, 0.2) is 0 Å². The number of ether oxygens (including phenoxy) is 2. The molecule has 0 aromatic rings. The molecule has 9 nitrogen and oxygen atoms in total. The summed E-state index contributed by atoms with van der Waals surface area (Å²) < 4.78 is 37.2. The normalized spacial score (nSPS) is 12.3. The van der Waals surface area contributed by atoms with E-state index in [4.69, 9.17) is 4.55 Å². The molecule has 0 amide bonds. The molecule has 90 valence electrons. The van der Waals surface area contributed by atoms with Crippen molar-refractivity contribution in [2.24, 2.45) is 0 Å². The summed E-state index contributed by atoms with van der Waals surface area (Å²) in [5, 5.41) is -2.31. The zero-order valence-corrected chi connectivity index (χ0v) is 8.38. The van der Waals surface area contributed by atoms with Crippen molar-refractivity contribution in [3.05, 3.63) is 0 Å². The molecule has 1 atom stereocenters. The van der Waals surface area contributed by atoms with Crippen LogP contribution in [0.25, 0.3) is 0 Å². The van der Waals surface area contributed by atoms with E-state index in [1.165, 1.54) is 0 Å². The first kappa shape index (κ1) is 14.2. The minimum atomic E-state index is -4.95. The lowest BCUT2D eigenvalue weighted by Crippen LogP contribution is -2.34. The summed E-state index contributed by atoms with van der Waals surface area (Å²) >= 11 is 0. The van der Waals surface area contributed by atoms with Crippen molar-refractivity contribution in [1.29, 1.82) is 0 Å². The van der Waals surface area contributed by atoms with E-state index in [2.05, 4.69) is 9.47 Å². The number of carbonyl (C=O) groups is 4. The molecule has 0 aromatic carbocycles. The molecule has 1 unspecified atom stereocenters. The van der Waals surface area contributed by atoms with Gasteiger partial charge in [-0.25, -0.2) is 0 Å². The molecule has 1 N–H and O–H groups in total. The van der Waals surface area contributed by atoms with E-state index in [-0.39, 0.29) is 12.9 Å². The Bertz CT molecular complexity index is 394. The van der Waals surface area contributed by atoms with Crippen LogP contribution in [-0.2, 0) is 38.8 Å². The molecule has 0 spiro atoms. The lowest BCUT2D eigenvalue weighted by Gasteiger charge is -2.08. The van der Waals surface area contributed by atoms with Crippen LogP contribution in [0, 0.1) is 0 Å². The van der Waals surface area contributed by atoms with Crippen molar-refractivity contribution in [3.63, 3.8) is 0 Å². The lowest BCUT2D eigenvalue weighted by molar-refractivity contribution is -0.157. The zero-order valence-electron chi connectivity index (χ0n) is 7.56. The molecule has 0 aliphatic heterocycles. The van der Waals surface area contributed by atoms with Gasteiger partial charge in [-0.3, -0.25) is 23.7 Å². The number of carbonyl (C=O) groups excluding carboxylic acids is 4. The second-order valence-corrected chi connectivity index (χ2v) is 3.93. The van der Waals surface area contributed by atoms with Gasteiger partial charge in [-0.15, -0.1) is 0 Å². The van der Waals surface area contributed by atoms with Crippen LogP contribution in [-0.4, -0.2) is 43.1 Å². The Kier molecular flexibility index (Phi) is 5.25. The van der Waals surface area contributed by atoms with Crippen molar-refractivity contribution >= 4 is 35.0 Å². The van der Waals surface area contributed by atoms with Crippen molar-refractivity contribution in [2.75, 3.05) is 0 Å². The Balaban J connectivity index is 4.83. The highest BCUT2D eigenvalue weighted by Gasteiger charge is 2.35. The van der Waals surface area contributed by atoms with E-state index in [9.17, 15) is 27.6 Å². The molecule has 0 aromatic heterocycles. The predicted molar refractivity (Wildman–Crippen MR) is 44.3 cm³/mol. The molecular formula is C6H6O9S. The second kappa shape index (κ2) is 5.92. The lowest BCUT2D eigenvalue weighted by atomic mass is 10.3. The maximum atomic E-state index is 10.8. The van der Waals surface area contributed by atoms with Gasteiger partial charge in [-0.05, 0) is 0 Å². The summed E-state index contributed by atoms with van der Waals surface area (Å²) in [6.07, 6.45) is -1.15. The second-order valence-electron chi connectivity index (χ2n) is 2.33. The van der Waals surface area contributed by atoms with Gasteiger partial charge < -0.3 is 9.47 Å². The molecule has 0 heterocycles. The number of hydrogen-bond acceptors (Lipinski definition) is 8.